The zero-order valence-corrected chi connectivity index (χ0v) is 15.1. The third kappa shape index (κ3) is 2.49. The van der Waals surface area contributed by atoms with Crippen LogP contribution in [0.4, 0.5) is 0 Å². The van der Waals surface area contributed by atoms with Crippen LogP contribution in [0.3, 0.4) is 0 Å². The van der Waals surface area contributed by atoms with Gasteiger partial charge in [-0.25, -0.2) is 0 Å². The van der Waals surface area contributed by atoms with E-state index in [9.17, 15) is 14.7 Å². The molecule has 2 amide bonds. The molecular formula is C18H17BrN2O4. The second kappa shape index (κ2) is 5.98. The number of hydrazone groups is 1. The Bertz CT molecular complexity index is 788. The summed E-state index contributed by atoms with van der Waals surface area (Å²) in [5, 5.41) is 15.0. The zero-order chi connectivity index (χ0) is 17.7. The highest BCUT2D eigenvalue weighted by atomic mass is 79.9. The maximum Gasteiger partial charge on any atom is 0.254 e. The Labute approximate surface area is 153 Å². The van der Waals surface area contributed by atoms with Gasteiger partial charge in [0.2, 0.25) is 0 Å². The van der Waals surface area contributed by atoms with Crippen LogP contribution in [0.5, 0.6) is 11.5 Å². The Morgan fingerprint density at radius 3 is 2.32 bits per heavy atom. The molecule has 1 aromatic rings. The maximum atomic E-state index is 12.7. The molecule has 1 saturated heterocycles. The Hall–Kier alpha value is -2.15. The summed E-state index contributed by atoms with van der Waals surface area (Å²) in [6.45, 7) is 0. The zero-order valence-electron chi connectivity index (χ0n) is 13.6. The molecule has 1 aromatic carbocycles. The van der Waals surface area contributed by atoms with Gasteiger partial charge in [0.05, 0.1) is 29.6 Å². The highest BCUT2D eigenvalue weighted by molar-refractivity contribution is 9.10. The topological polar surface area (TPSA) is 79.2 Å². The van der Waals surface area contributed by atoms with E-state index in [-0.39, 0.29) is 47.0 Å². The highest BCUT2D eigenvalue weighted by Crippen LogP contribution is 2.49. The highest BCUT2D eigenvalue weighted by Gasteiger charge is 2.56. The number of amides is 2. The minimum atomic E-state index is -0.269. The summed E-state index contributed by atoms with van der Waals surface area (Å²) in [7, 11) is 1.45. The molecule has 1 heterocycles. The van der Waals surface area contributed by atoms with E-state index in [0.29, 0.717) is 10.0 Å². The van der Waals surface area contributed by atoms with Gasteiger partial charge in [0, 0.05) is 0 Å². The second-order valence-corrected chi connectivity index (χ2v) is 7.48. The van der Waals surface area contributed by atoms with E-state index in [1.165, 1.54) is 13.3 Å². The van der Waals surface area contributed by atoms with Gasteiger partial charge in [0.1, 0.15) is 0 Å². The first-order valence-electron chi connectivity index (χ1n) is 8.18. The SMILES string of the molecule is COc1cc(/C=N\N2C(=O)C3C4C=CC(CC4)C3C2=O)cc(Br)c1O. The third-order valence-corrected chi connectivity index (χ3v) is 5.93. The van der Waals surface area contributed by atoms with Gasteiger partial charge in [-0.3, -0.25) is 9.59 Å². The normalized spacial score (nSPS) is 30.4. The fourth-order valence-electron chi connectivity index (χ4n) is 4.12. The van der Waals surface area contributed by atoms with Crippen molar-refractivity contribution < 1.29 is 19.4 Å². The summed E-state index contributed by atoms with van der Waals surface area (Å²) in [5.74, 6) is -0.397. The monoisotopic (exact) mass is 404 g/mol. The number of hydrogen-bond acceptors (Lipinski definition) is 5. The molecule has 2 fully saturated rings. The summed E-state index contributed by atoms with van der Waals surface area (Å²) < 4.78 is 5.54. The summed E-state index contributed by atoms with van der Waals surface area (Å²) in [6, 6.07) is 3.23. The number of allylic oxidation sites excluding steroid dienone is 2. The van der Waals surface area contributed by atoms with Crippen LogP contribution in [0.1, 0.15) is 18.4 Å². The van der Waals surface area contributed by atoms with Gasteiger partial charge in [-0.2, -0.15) is 10.1 Å². The van der Waals surface area contributed by atoms with Gasteiger partial charge in [0.25, 0.3) is 11.8 Å². The predicted molar refractivity (Wildman–Crippen MR) is 94.1 cm³/mol. The molecule has 0 spiro atoms. The first kappa shape index (κ1) is 16.3. The van der Waals surface area contributed by atoms with Gasteiger partial charge in [-0.1, -0.05) is 12.2 Å². The molecule has 3 aliphatic carbocycles. The molecule has 1 aliphatic heterocycles. The number of imide groups is 1. The number of nitrogens with zero attached hydrogens (tertiary/aromatic N) is 2. The van der Waals surface area contributed by atoms with Crippen LogP contribution < -0.4 is 4.74 Å². The first-order valence-corrected chi connectivity index (χ1v) is 8.97. The molecular weight excluding hydrogens is 388 g/mol. The number of carbonyl (C=O) groups is 2. The Morgan fingerprint density at radius 2 is 1.80 bits per heavy atom. The van der Waals surface area contributed by atoms with Crippen molar-refractivity contribution in [3.05, 3.63) is 34.3 Å². The van der Waals surface area contributed by atoms with Crippen molar-refractivity contribution in [3.63, 3.8) is 0 Å². The molecule has 130 valence electrons. The van der Waals surface area contributed by atoms with Crippen molar-refractivity contribution in [1.29, 1.82) is 0 Å². The Kier molecular flexibility index (Phi) is 3.91. The maximum absolute atomic E-state index is 12.7. The lowest BCUT2D eigenvalue weighted by atomic mass is 9.63. The van der Waals surface area contributed by atoms with E-state index in [4.69, 9.17) is 4.74 Å². The van der Waals surface area contributed by atoms with Gasteiger partial charge in [-0.05, 0) is 58.3 Å². The fourth-order valence-corrected chi connectivity index (χ4v) is 4.58. The molecule has 25 heavy (non-hydrogen) atoms. The summed E-state index contributed by atoms with van der Waals surface area (Å²) >= 11 is 3.24. The van der Waals surface area contributed by atoms with E-state index < -0.39 is 0 Å². The molecule has 1 N–H and O–H groups in total. The van der Waals surface area contributed by atoms with Gasteiger partial charge in [0.15, 0.2) is 11.5 Å². The number of carbonyl (C=O) groups excluding carboxylic acids is 2. The molecule has 0 radical (unpaired) electrons. The Balaban J connectivity index is 1.62. The molecule has 4 unspecified atom stereocenters. The van der Waals surface area contributed by atoms with Gasteiger partial charge in [-0.15, -0.1) is 0 Å². The van der Waals surface area contributed by atoms with Crippen LogP contribution in [0.25, 0.3) is 0 Å². The predicted octanol–water partition coefficient (Wildman–Crippen LogP) is 2.69. The standard InChI is InChI=1S/C18H17BrN2O4/c1-25-13-7-9(6-12(19)16(13)22)8-20-21-17(23)14-10-2-3-11(5-4-10)15(14)18(21)24/h2-3,6-8,10-11,14-15,22H,4-5H2,1H3/b20-8-. The fraction of sp³-hybridized carbons (Fsp3) is 0.389. The lowest BCUT2D eigenvalue weighted by molar-refractivity contribution is -0.140. The number of hydrogen-bond donors (Lipinski definition) is 1. The van der Waals surface area contributed by atoms with Crippen LogP contribution in [-0.2, 0) is 9.59 Å². The van der Waals surface area contributed by atoms with Crippen LogP contribution in [0.2, 0.25) is 0 Å². The van der Waals surface area contributed by atoms with Gasteiger partial charge >= 0.3 is 0 Å². The van der Waals surface area contributed by atoms with E-state index in [0.717, 1.165) is 17.9 Å². The molecule has 6 nitrogen and oxygen atoms in total. The quantitative estimate of drug-likeness (QED) is 0.477. The lowest BCUT2D eigenvalue weighted by Gasteiger charge is -2.37. The smallest absolute Gasteiger partial charge is 0.254 e. The summed E-state index contributed by atoms with van der Waals surface area (Å²) in [5.41, 5.74) is 0.609. The number of aromatic hydroxyl groups is 1. The Morgan fingerprint density at radius 1 is 1.20 bits per heavy atom. The minimum Gasteiger partial charge on any atom is -0.503 e. The first-order chi connectivity index (χ1) is 12.0. The van der Waals surface area contributed by atoms with E-state index in [2.05, 4.69) is 33.2 Å². The number of phenols is 1. The number of benzene rings is 1. The molecule has 5 rings (SSSR count). The van der Waals surface area contributed by atoms with E-state index in [1.54, 1.807) is 12.1 Å². The number of ether oxygens (including phenoxy) is 1. The van der Waals surface area contributed by atoms with Crippen molar-refractivity contribution in [2.75, 3.05) is 7.11 Å². The number of fused-ring (bicyclic) bond motifs is 1. The summed E-state index contributed by atoms with van der Waals surface area (Å²) in [6.07, 6.45) is 7.52. The van der Waals surface area contributed by atoms with Crippen molar-refractivity contribution in [2.45, 2.75) is 12.8 Å². The number of rotatable bonds is 3. The molecule has 4 aliphatic rings. The van der Waals surface area contributed by atoms with Crippen molar-refractivity contribution >= 4 is 34.0 Å². The minimum absolute atomic E-state index is 0.0124. The number of phenolic OH excluding ortho intramolecular Hbond substituents is 1. The van der Waals surface area contributed by atoms with Crippen molar-refractivity contribution in [2.24, 2.45) is 28.8 Å². The average Bonchev–Trinajstić information content (AvgIpc) is 2.90. The third-order valence-electron chi connectivity index (χ3n) is 5.33. The molecule has 0 aromatic heterocycles. The van der Waals surface area contributed by atoms with Crippen LogP contribution in [0, 0.1) is 23.7 Å². The number of halogens is 1. The number of methoxy groups -OCH3 is 1. The van der Waals surface area contributed by atoms with Crippen LogP contribution in [0.15, 0.2) is 33.9 Å². The van der Waals surface area contributed by atoms with Crippen molar-refractivity contribution in [1.82, 2.24) is 5.01 Å². The van der Waals surface area contributed by atoms with Crippen LogP contribution in [-0.4, -0.2) is 35.3 Å². The molecule has 7 heteroatoms. The second-order valence-electron chi connectivity index (χ2n) is 6.63. The van der Waals surface area contributed by atoms with Crippen molar-refractivity contribution in [3.8, 4) is 11.5 Å². The van der Waals surface area contributed by atoms with Gasteiger partial charge < -0.3 is 9.84 Å². The molecule has 4 atom stereocenters. The largest absolute Gasteiger partial charge is 0.503 e. The lowest BCUT2D eigenvalue weighted by Crippen LogP contribution is -2.38. The molecule has 2 bridgehead atoms. The van der Waals surface area contributed by atoms with E-state index in [1.807, 2.05) is 0 Å². The average molecular weight is 405 g/mol. The van der Waals surface area contributed by atoms with Crippen LogP contribution >= 0.6 is 15.9 Å². The van der Waals surface area contributed by atoms with E-state index >= 15 is 0 Å². The summed E-state index contributed by atoms with van der Waals surface area (Å²) in [4.78, 5) is 25.4. The molecule has 1 saturated carbocycles.